The molecule has 1 unspecified atom stereocenters. The summed E-state index contributed by atoms with van der Waals surface area (Å²) in [6.07, 6.45) is 8.10. The second kappa shape index (κ2) is 11.3. The van der Waals surface area contributed by atoms with E-state index in [0.717, 1.165) is 25.2 Å². The summed E-state index contributed by atoms with van der Waals surface area (Å²) in [7, 11) is 0. The van der Waals surface area contributed by atoms with Gasteiger partial charge in [-0.2, -0.15) is 0 Å². The van der Waals surface area contributed by atoms with Crippen molar-refractivity contribution in [1.29, 1.82) is 0 Å². The summed E-state index contributed by atoms with van der Waals surface area (Å²) in [6, 6.07) is 49.4. The number of benzene rings is 8. The molecule has 0 fully saturated rings. The van der Waals surface area contributed by atoms with Crippen LogP contribution in [0.1, 0.15) is 30.1 Å². The van der Waals surface area contributed by atoms with Gasteiger partial charge in [0, 0.05) is 44.1 Å². The lowest BCUT2D eigenvalue weighted by atomic mass is 9.85. The lowest BCUT2D eigenvalue weighted by Crippen LogP contribution is -2.00. The van der Waals surface area contributed by atoms with Crippen molar-refractivity contribution in [1.82, 2.24) is 0 Å². The number of rotatable bonds is 4. The Labute approximate surface area is 299 Å². The Morgan fingerprint density at radius 3 is 1.73 bits per heavy atom. The molecule has 3 heteroatoms. The van der Waals surface area contributed by atoms with Crippen LogP contribution in [0.15, 0.2) is 152 Å². The predicted octanol–water partition coefficient (Wildman–Crippen LogP) is 13.7. The molecule has 0 N–H and O–H groups in total. The molecule has 51 heavy (non-hydrogen) atoms. The van der Waals surface area contributed by atoms with E-state index >= 15 is 0 Å². The van der Waals surface area contributed by atoms with Gasteiger partial charge in [-0.25, -0.2) is 0 Å². The third kappa shape index (κ3) is 4.28. The monoisotopic (exact) mass is 672 g/mol. The molecule has 0 spiro atoms. The van der Waals surface area contributed by atoms with E-state index in [-0.39, 0.29) is 6.10 Å². The van der Waals surface area contributed by atoms with Gasteiger partial charge in [0.25, 0.3) is 0 Å². The maximum absolute atomic E-state index is 6.20. The van der Waals surface area contributed by atoms with Crippen LogP contribution in [0, 0.1) is 0 Å². The Morgan fingerprint density at radius 2 is 1.14 bits per heavy atom. The van der Waals surface area contributed by atoms with Crippen LogP contribution in [0.5, 0.6) is 0 Å². The Bertz CT molecular complexity index is 2840. The molecule has 9 aromatic rings. The molecule has 0 bridgehead atoms. The van der Waals surface area contributed by atoms with Crippen LogP contribution in [0.4, 0.5) is 0 Å². The zero-order valence-corrected chi connectivity index (χ0v) is 28.7. The zero-order chi connectivity index (χ0) is 33.5. The van der Waals surface area contributed by atoms with Crippen molar-refractivity contribution in [2.45, 2.75) is 18.9 Å². The average molecular weight is 673 g/mol. The second-order valence-corrected chi connectivity index (χ2v) is 14.7. The van der Waals surface area contributed by atoms with E-state index in [1.54, 1.807) is 0 Å². The van der Waals surface area contributed by atoms with E-state index in [0.29, 0.717) is 0 Å². The number of fused-ring (bicyclic) bond motifs is 7. The molecule has 3 heterocycles. The number of hydrogen-bond acceptors (Lipinski definition) is 3. The lowest BCUT2D eigenvalue weighted by Gasteiger charge is -2.21. The Balaban J connectivity index is 1.17. The minimum Gasteiger partial charge on any atom is -0.493 e. The molecule has 2 aliphatic rings. The van der Waals surface area contributed by atoms with E-state index in [1.807, 2.05) is 17.6 Å². The number of thiophene rings is 1. The highest BCUT2D eigenvalue weighted by molar-refractivity contribution is 7.26. The first-order valence-electron chi connectivity index (χ1n) is 17.8. The molecule has 242 valence electrons. The van der Waals surface area contributed by atoms with Crippen molar-refractivity contribution in [3.8, 4) is 22.3 Å². The van der Waals surface area contributed by atoms with Crippen molar-refractivity contribution in [3.63, 3.8) is 0 Å². The molecular weight excluding hydrogens is 641 g/mol. The molecule has 0 aliphatic carbocycles. The fourth-order valence-corrected chi connectivity index (χ4v) is 10.0. The van der Waals surface area contributed by atoms with Crippen LogP contribution in [-0.2, 0) is 9.47 Å². The molecule has 1 atom stereocenters. The van der Waals surface area contributed by atoms with Crippen molar-refractivity contribution >= 4 is 80.4 Å². The molecule has 2 aliphatic heterocycles. The van der Waals surface area contributed by atoms with Crippen molar-refractivity contribution in [2.75, 3.05) is 6.61 Å². The maximum atomic E-state index is 6.20. The SMILES string of the molecule is C1=COC(c2c3ccccc3c(-c3ccc4c(c3)sc3cccc(-c5c6ccccc6c(C6=CCCO6)c6ccccc56)c34)c3ccccc23)C1. The largest absolute Gasteiger partial charge is 0.493 e. The van der Waals surface area contributed by atoms with Crippen LogP contribution >= 0.6 is 11.3 Å². The molecule has 0 amide bonds. The molecule has 0 radical (unpaired) electrons. The van der Waals surface area contributed by atoms with Crippen molar-refractivity contribution in [2.24, 2.45) is 0 Å². The minimum absolute atomic E-state index is 0.0287. The van der Waals surface area contributed by atoms with Crippen LogP contribution in [0.25, 0.3) is 91.3 Å². The summed E-state index contributed by atoms with van der Waals surface area (Å²) in [4.78, 5) is 0. The van der Waals surface area contributed by atoms with Crippen molar-refractivity contribution < 1.29 is 9.47 Å². The summed E-state index contributed by atoms with van der Waals surface area (Å²) in [5, 5.41) is 12.7. The van der Waals surface area contributed by atoms with E-state index in [1.165, 1.54) is 96.6 Å². The Kier molecular flexibility index (Phi) is 6.41. The third-order valence-electron chi connectivity index (χ3n) is 10.9. The first-order valence-corrected chi connectivity index (χ1v) is 18.6. The molecule has 8 aromatic carbocycles. The van der Waals surface area contributed by atoms with E-state index in [4.69, 9.17) is 9.47 Å². The highest BCUT2D eigenvalue weighted by Gasteiger charge is 2.25. The summed E-state index contributed by atoms with van der Waals surface area (Å²) in [6.45, 7) is 0.740. The fraction of sp³-hybridized carbons (Fsp3) is 0.0833. The quantitative estimate of drug-likeness (QED) is 0.173. The summed E-state index contributed by atoms with van der Waals surface area (Å²) >= 11 is 1.89. The van der Waals surface area contributed by atoms with Gasteiger partial charge in [0.2, 0.25) is 0 Å². The van der Waals surface area contributed by atoms with E-state index in [9.17, 15) is 0 Å². The normalized spacial score (nSPS) is 15.8. The Morgan fingerprint density at radius 1 is 0.529 bits per heavy atom. The van der Waals surface area contributed by atoms with Crippen LogP contribution in [0.2, 0.25) is 0 Å². The maximum Gasteiger partial charge on any atom is 0.128 e. The molecular formula is C48H32O2S. The van der Waals surface area contributed by atoms with Crippen LogP contribution in [0.3, 0.4) is 0 Å². The van der Waals surface area contributed by atoms with Gasteiger partial charge in [0.15, 0.2) is 0 Å². The van der Waals surface area contributed by atoms with Gasteiger partial charge in [0.05, 0.1) is 12.9 Å². The number of hydrogen-bond donors (Lipinski definition) is 0. The Hall–Kier alpha value is -5.90. The molecule has 1 aromatic heterocycles. The number of ether oxygens (including phenoxy) is 2. The standard InChI is InChI=1S/C48H32O2S/c1-5-16-34-30(12-1)44(31-13-2-6-17-35(31)46(34)40-21-10-26-49-40)29-24-25-38-43(28-29)51-42-23-9-20-39(48(38)42)45-32-14-3-7-18-36(32)47(41-22-11-27-50-41)37-19-8-4-15-33(37)45/h1-10,12-20,22-26,28,40H,11,21,27H2. The topological polar surface area (TPSA) is 18.5 Å². The van der Waals surface area contributed by atoms with Gasteiger partial charge in [-0.1, -0.05) is 121 Å². The molecule has 0 saturated carbocycles. The van der Waals surface area contributed by atoms with Gasteiger partial charge in [0.1, 0.15) is 11.9 Å². The fourth-order valence-electron chi connectivity index (χ4n) is 8.86. The van der Waals surface area contributed by atoms with E-state index < -0.39 is 0 Å². The van der Waals surface area contributed by atoms with Crippen LogP contribution in [-0.4, -0.2) is 6.61 Å². The molecule has 0 saturated heterocycles. The molecule has 2 nitrogen and oxygen atoms in total. The average Bonchev–Trinajstić information content (AvgIpc) is 3.98. The summed E-state index contributed by atoms with van der Waals surface area (Å²) in [5.74, 6) is 1.00. The van der Waals surface area contributed by atoms with Gasteiger partial charge in [-0.05, 0) is 89.6 Å². The van der Waals surface area contributed by atoms with Gasteiger partial charge in [-0.15, -0.1) is 11.3 Å². The van der Waals surface area contributed by atoms with E-state index in [2.05, 4.69) is 146 Å². The van der Waals surface area contributed by atoms with Crippen LogP contribution < -0.4 is 0 Å². The van der Waals surface area contributed by atoms with Crippen molar-refractivity contribution in [3.05, 3.63) is 163 Å². The smallest absolute Gasteiger partial charge is 0.128 e. The summed E-state index contributed by atoms with van der Waals surface area (Å²) in [5.41, 5.74) is 7.57. The highest BCUT2D eigenvalue weighted by atomic mass is 32.1. The second-order valence-electron chi connectivity index (χ2n) is 13.7. The minimum atomic E-state index is 0.0287. The highest BCUT2D eigenvalue weighted by Crippen LogP contribution is 2.49. The summed E-state index contributed by atoms with van der Waals surface area (Å²) < 4.78 is 14.9. The third-order valence-corrected chi connectivity index (χ3v) is 12.0. The van der Waals surface area contributed by atoms with Gasteiger partial charge < -0.3 is 9.47 Å². The lowest BCUT2D eigenvalue weighted by molar-refractivity contribution is 0.176. The molecule has 11 rings (SSSR count). The van der Waals surface area contributed by atoms with Gasteiger partial charge >= 0.3 is 0 Å². The van der Waals surface area contributed by atoms with Gasteiger partial charge in [-0.3, -0.25) is 0 Å². The first kappa shape index (κ1) is 28.9. The zero-order valence-electron chi connectivity index (χ0n) is 27.9. The first-order chi connectivity index (χ1) is 25.3. The predicted molar refractivity (Wildman–Crippen MR) is 216 cm³/mol.